The van der Waals surface area contributed by atoms with Crippen molar-refractivity contribution in [3.8, 4) is 5.75 Å². The molecular weight excluding hydrogens is 221 g/mol. The van der Waals surface area contributed by atoms with E-state index < -0.39 is 5.54 Å². The molecule has 0 fully saturated rings. The van der Waals surface area contributed by atoms with Crippen LogP contribution in [0.15, 0.2) is 18.2 Å². The number of aliphatic hydroxyl groups is 1. The van der Waals surface area contributed by atoms with Gasteiger partial charge in [0, 0.05) is 0 Å². The normalized spacial score (nSPS) is 14.4. The van der Waals surface area contributed by atoms with Gasteiger partial charge in [0.15, 0.2) is 11.6 Å². The third-order valence-electron chi connectivity index (χ3n) is 2.59. The zero-order valence-electron chi connectivity index (χ0n) is 10.6. The lowest BCUT2D eigenvalue weighted by Gasteiger charge is -2.28. The molecule has 0 saturated heterocycles. The molecule has 1 atom stereocenters. The standard InChI is InChI=1S/C13H20FNO2/c1-4-15-13(3,8-16)9-17-12-7-10(2)5-6-11(12)14/h5-7,15-16H,4,8-9H2,1-3H3. The molecule has 0 spiro atoms. The lowest BCUT2D eigenvalue weighted by molar-refractivity contribution is 0.115. The molecule has 0 heterocycles. The molecule has 0 aliphatic rings. The fraction of sp³-hybridized carbons (Fsp3) is 0.538. The van der Waals surface area contributed by atoms with Gasteiger partial charge in [-0.25, -0.2) is 4.39 Å². The number of hydrogen-bond acceptors (Lipinski definition) is 3. The number of aliphatic hydroxyl groups excluding tert-OH is 1. The van der Waals surface area contributed by atoms with Crippen LogP contribution in [0, 0.1) is 12.7 Å². The Morgan fingerprint density at radius 2 is 2.18 bits per heavy atom. The maximum atomic E-state index is 13.4. The first-order valence-electron chi connectivity index (χ1n) is 5.75. The first kappa shape index (κ1) is 13.9. The van der Waals surface area contributed by atoms with Crippen LogP contribution in [0.4, 0.5) is 4.39 Å². The fourth-order valence-electron chi connectivity index (χ4n) is 1.54. The molecule has 1 aromatic carbocycles. The lowest BCUT2D eigenvalue weighted by Crippen LogP contribution is -2.50. The summed E-state index contributed by atoms with van der Waals surface area (Å²) >= 11 is 0. The van der Waals surface area contributed by atoms with Crippen LogP contribution in [0.3, 0.4) is 0 Å². The Kier molecular flexibility index (Phi) is 4.90. The molecule has 0 amide bonds. The molecule has 1 aromatic rings. The molecule has 0 aliphatic carbocycles. The van der Waals surface area contributed by atoms with Crippen LogP contribution in [0.25, 0.3) is 0 Å². The van der Waals surface area contributed by atoms with E-state index in [0.29, 0.717) is 0 Å². The molecule has 0 saturated carbocycles. The first-order chi connectivity index (χ1) is 8.00. The van der Waals surface area contributed by atoms with Crippen LogP contribution in [0.5, 0.6) is 5.75 Å². The molecule has 3 nitrogen and oxygen atoms in total. The van der Waals surface area contributed by atoms with Crippen molar-refractivity contribution < 1.29 is 14.2 Å². The quantitative estimate of drug-likeness (QED) is 0.799. The number of benzene rings is 1. The SMILES string of the molecule is CCNC(C)(CO)COc1cc(C)ccc1F. The van der Waals surface area contributed by atoms with Crippen molar-refractivity contribution in [3.05, 3.63) is 29.6 Å². The highest BCUT2D eigenvalue weighted by Gasteiger charge is 2.23. The van der Waals surface area contributed by atoms with Gasteiger partial charge in [0.05, 0.1) is 12.1 Å². The van der Waals surface area contributed by atoms with E-state index in [4.69, 9.17) is 4.74 Å². The molecule has 1 unspecified atom stereocenters. The zero-order valence-corrected chi connectivity index (χ0v) is 10.6. The molecule has 0 aromatic heterocycles. The van der Waals surface area contributed by atoms with Gasteiger partial charge >= 0.3 is 0 Å². The van der Waals surface area contributed by atoms with Crippen molar-refractivity contribution in [2.75, 3.05) is 19.8 Å². The van der Waals surface area contributed by atoms with Crippen LogP contribution >= 0.6 is 0 Å². The van der Waals surface area contributed by atoms with E-state index in [0.717, 1.165) is 12.1 Å². The molecule has 0 radical (unpaired) electrons. The van der Waals surface area contributed by atoms with E-state index >= 15 is 0 Å². The summed E-state index contributed by atoms with van der Waals surface area (Å²) in [6.45, 7) is 6.54. The number of hydrogen-bond donors (Lipinski definition) is 2. The second-order valence-corrected chi connectivity index (χ2v) is 4.47. The number of halogens is 1. The van der Waals surface area contributed by atoms with E-state index in [1.54, 1.807) is 12.1 Å². The highest BCUT2D eigenvalue weighted by molar-refractivity contribution is 5.29. The van der Waals surface area contributed by atoms with Gasteiger partial charge in [-0.3, -0.25) is 0 Å². The second-order valence-electron chi connectivity index (χ2n) is 4.47. The molecule has 96 valence electrons. The van der Waals surface area contributed by atoms with Crippen LogP contribution < -0.4 is 10.1 Å². The minimum Gasteiger partial charge on any atom is -0.488 e. The van der Waals surface area contributed by atoms with Crippen LogP contribution in [0.2, 0.25) is 0 Å². The van der Waals surface area contributed by atoms with Gasteiger partial charge in [-0.1, -0.05) is 13.0 Å². The van der Waals surface area contributed by atoms with Crippen molar-refractivity contribution in [3.63, 3.8) is 0 Å². The smallest absolute Gasteiger partial charge is 0.165 e. The summed E-state index contributed by atoms with van der Waals surface area (Å²) in [4.78, 5) is 0. The average molecular weight is 241 g/mol. The Labute approximate surface area is 102 Å². The fourth-order valence-corrected chi connectivity index (χ4v) is 1.54. The third kappa shape index (κ3) is 3.98. The monoisotopic (exact) mass is 241 g/mol. The van der Waals surface area contributed by atoms with Gasteiger partial charge in [0.1, 0.15) is 6.61 Å². The number of ether oxygens (including phenoxy) is 1. The summed E-state index contributed by atoms with van der Waals surface area (Å²) in [5.41, 5.74) is 0.390. The van der Waals surface area contributed by atoms with Crippen LogP contribution in [-0.2, 0) is 0 Å². The van der Waals surface area contributed by atoms with E-state index in [2.05, 4.69) is 5.32 Å². The maximum absolute atomic E-state index is 13.4. The van der Waals surface area contributed by atoms with Crippen molar-refractivity contribution in [1.29, 1.82) is 0 Å². The summed E-state index contributed by atoms with van der Waals surface area (Å²) in [6, 6.07) is 4.73. The van der Waals surface area contributed by atoms with Gasteiger partial charge in [0.25, 0.3) is 0 Å². The molecule has 2 N–H and O–H groups in total. The van der Waals surface area contributed by atoms with E-state index in [1.165, 1.54) is 6.07 Å². The van der Waals surface area contributed by atoms with Crippen molar-refractivity contribution in [1.82, 2.24) is 5.32 Å². The van der Waals surface area contributed by atoms with Crippen LogP contribution in [0.1, 0.15) is 19.4 Å². The van der Waals surface area contributed by atoms with Gasteiger partial charge in [-0.2, -0.15) is 0 Å². The first-order valence-corrected chi connectivity index (χ1v) is 5.75. The predicted molar refractivity (Wildman–Crippen MR) is 65.8 cm³/mol. The lowest BCUT2D eigenvalue weighted by atomic mass is 10.1. The summed E-state index contributed by atoms with van der Waals surface area (Å²) in [5.74, 6) is -0.157. The molecule has 17 heavy (non-hydrogen) atoms. The summed E-state index contributed by atoms with van der Waals surface area (Å²) in [6.07, 6.45) is 0. The van der Waals surface area contributed by atoms with E-state index in [1.807, 2.05) is 20.8 Å². The van der Waals surface area contributed by atoms with Gasteiger partial charge in [0.2, 0.25) is 0 Å². The second kappa shape index (κ2) is 5.98. The molecule has 0 aliphatic heterocycles. The highest BCUT2D eigenvalue weighted by Crippen LogP contribution is 2.19. The largest absolute Gasteiger partial charge is 0.488 e. The van der Waals surface area contributed by atoms with E-state index in [-0.39, 0.29) is 24.8 Å². The minimum atomic E-state index is -0.551. The highest BCUT2D eigenvalue weighted by atomic mass is 19.1. The predicted octanol–water partition coefficient (Wildman–Crippen LogP) is 1.87. The molecular formula is C13H20FNO2. The maximum Gasteiger partial charge on any atom is 0.165 e. The number of likely N-dealkylation sites (N-methyl/N-ethyl adjacent to an activating group) is 1. The zero-order chi connectivity index (χ0) is 12.9. The number of rotatable bonds is 6. The number of nitrogens with one attached hydrogen (secondary N) is 1. The summed E-state index contributed by atoms with van der Waals surface area (Å²) < 4.78 is 18.9. The summed E-state index contributed by atoms with van der Waals surface area (Å²) in [5, 5.41) is 12.4. The third-order valence-corrected chi connectivity index (χ3v) is 2.59. The Morgan fingerprint density at radius 1 is 1.47 bits per heavy atom. The Hall–Kier alpha value is -1.13. The average Bonchev–Trinajstić information content (AvgIpc) is 2.31. The van der Waals surface area contributed by atoms with Gasteiger partial charge < -0.3 is 15.2 Å². The Bertz CT molecular complexity index is 370. The van der Waals surface area contributed by atoms with Gasteiger partial charge in [-0.15, -0.1) is 0 Å². The molecule has 4 heteroatoms. The van der Waals surface area contributed by atoms with Crippen molar-refractivity contribution in [2.24, 2.45) is 0 Å². The van der Waals surface area contributed by atoms with Crippen molar-refractivity contribution >= 4 is 0 Å². The van der Waals surface area contributed by atoms with Crippen molar-refractivity contribution in [2.45, 2.75) is 26.3 Å². The van der Waals surface area contributed by atoms with E-state index in [9.17, 15) is 9.50 Å². The minimum absolute atomic E-state index is 0.0612. The van der Waals surface area contributed by atoms with Crippen LogP contribution in [-0.4, -0.2) is 30.4 Å². The number of aryl methyl sites for hydroxylation is 1. The molecule has 1 rings (SSSR count). The molecule has 0 bridgehead atoms. The summed E-state index contributed by atoms with van der Waals surface area (Å²) in [7, 11) is 0. The topological polar surface area (TPSA) is 41.5 Å². The Balaban J connectivity index is 2.68. The Morgan fingerprint density at radius 3 is 2.76 bits per heavy atom. The van der Waals surface area contributed by atoms with Gasteiger partial charge in [-0.05, 0) is 38.1 Å².